The maximum Gasteiger partial charge on any atom is 0.511 e. The molecule has 3 N–H and O–H groups in total. The fourth-order valence-corrected chi connectivity index (χ4v) is 2.92. The van der Waals surface area contributed by atoms with Crippen LogP contribution in [0.3, 0.4) is 0 Å². The summed E-state index contributed by atoms with van der Waals surface area (Å²) < 4.78 is 27.6. The van der Waals surface area contributed by atoms with Crippen LogP contribution in [-0.4, -0.2) is 65.3 Å². The van der Waals surface area contributed by atoms with Crippen LogP contribution in [0.25, 0.3) is 11.1 Å². The zero-order valence-electron chi connectivity index (χ0n) is 18.4. The number of hydrazine groups is 1. The molecule has 0 aromatic heterocycles. The lowest BCUT2D eigenvalue weighted by Gasteiger charge is -2.24. The van der Waals surface area contributed by atoms with Crippen LogP contribution >= 0.6 is 11.6 Å². The Balaban J connectivity index is 2.06. The molecule has 0 spiro atoms. The molecule has 0 heterocycles. The summed E-state index contributed by atoms with van der Waals surface area (Å²) in [6, 6.07) is 10.4. The lowest BCUT2D eigenvalue weighted by molar-refractivity contribution is -0.165. The second-order valence-electron chi connectivity index (χ2n) is 6.87. The highest BCUT2D eigenvalue weighted by Gasteiger charge is 2.24. The molecule has 1 atom stereocenters. The van der Waals surface area contributed by atoms with Gasteiger partial charge in [-0.15, -0.1) is 0 Å². The summed E-state index contributed by atoms with van der Waals surface area (Å²) in [4.78, 5) is 45.6. The number of esters is 1. The van der Waals surface area contributed by atoms with Gasteiger partial charge in [0.25, 0.3) is 0 Å². The number of aliphatic hydroxyl groups is 1. The molecule has 2 rings (SSSR count). The number of rotatable bonds is 10. The van der Waals surface area contributed by atoms with E-state index < -0.39 is 49.3 Å². The molecule has 13 heteroatoms. The predicted molar refractivity (Wildman–Crippen MR) is 118 cm³/mol. The van der Waals surface area contributed by atoms with E-state index in [4.69, 9.17) is 16.7 Å². The number of carboxylic acid groups (broad SMARTS) is 1. The molecule has 2 aromatic carbocycles. The number of carbonyl (C=O) groups excluding carboxylic acids is 3. The summed E-state index contributed by atoms with van der Waals surface area (Å²) in [5.74, 6) is -4.88. The highest BCUT2D eigenvalue weighted by atomic mass is 35.5. The maximum atomic E-state index is 14.1. The molecule has 0 aliphatic carbocycles. The Morgan fingerprint density at radius 3 is 2.40 bits per heavy atom. The van der Waals surface area contributed by atoms with Crippen LogP contribution in [0, 0.1) is 5.82 Å². The molecule has 0 aliphatic heterocycles. The Hall–Kier alpha value is -3.74. The summed E-state index contributed by atoms with van der Waals surface area (Å²) >= 11 is 5.92. The van der Waals surface area contributed by atoms with Gasteiger partial charge in [0.2, 0.25) is 6.79 Å². The number of hydrogen-bond acceptors (Lipinski definition) is 9. The molecule has 0 aliphatic rings. The van der Waals surface area contributed by atoms with Gasteiger partial charge in [0.05, 0.1) is 13.2 Å². The molecule has 0 saturated heterocycles. The molecule has 0 saturated carbocycles. The van der Waals surface area contributed by atoms with E-state index in [-0.39, 0.29) is 18.7 Å². The first kappa shape index (κ1) is 27.5. The Labute approximate surface area is 203 Å². The van der Waals surface area contributed by atoms with Gasteiger partial charge in [-0.25, -0.2) is 23.8 Å². The van der Waals surface area contributed by atoms with Gasteiger partial charge < -0.3 is 24.4 Å². The van der Waals surface area contributed by atoms with E-state index in [0.29, 0.717) is 16.1 Å². The molecule has 188 valence electrons. The van der Waals surface area contributed by atoms with Crippen LogP contribution in [0.2, 0.25) is 5.02 Å². The minimum absolute atomic E-state index is 0.0443. The SMILES string of the molecule is CCOC(=O)OCOC(=O)C(O)CN(Cc1ccc(-c2cc(Cl)ccc2F)cc1)NC(=O)C(=O)O. The fraction of sp³-hybridized carbons (Fsp3) is 0.273. The fourth-order valence-electron chi connectivity index (χ4n) is 2.74. The van der Waals surface area contributed by atoms with Crippen molar-refractivity contribution in [1.29, 1.82) is 0 Å². The van der Waals surface area contributed by atoms with Crippen LogP contribution in [0.5, 0.6) is 0 Å². The van der Waals surface area contributed by atoms with Gasteiger partial charge in [0, 0.05) is 17.1 Å². The van der Waals surface area contributed by atoms with E-state index >= 15 is 0 Å². The standard InChI is InChI=1S/C22H22ClFN2O9/c1-2-33-22(32)35-12-34-21(31)18(27)11-26(25-19(28)20(29)30)10-13-3-5-14(6-4-13)16-9-15(23)7-8-17(16)24/h3-9,18,27H,2,10-12H2,1H3,(H,25,28)(H,29,30). The molecule has 1 unspecified atom stereocenters. The van der Waals surface area contributed by atoms with Crippen molar-refractivity contribution in [3.63, 3.8) is 0 Å². The summed E-state index contributed by atoms with van der Waals surface area (Å²) in [6.45, 7) is 0.0590. The second kappa shape index (κ2) is 13.2. The monoisotopic (exact) mass is 512 g/mol. The Kier molecular flexibility index (Phi) is 10.4. The molecule has 0 bridgehead atoms. The normalized spacial score (nSPS) is 11.5. The first-order valence-electron chi connectivity index (χ1n) is 10.1. The number of hydrogen-bond donors (Lipinski definition) is 3. The average Bonchev–Trinajstić information content (AvgIpc) is 2.81. The highest BCUT2D eigenvalue weighted by molar-refractivity contribution is 6.31. The first-order chi connectivity index (χ1) is 16.6. The lowest BCUT2D eigenvalue weighted by atomic mass is 10.0. The Morgan fingerprint density at radius 1 is 1.09 bits per heavy atom. The van der Waals surface area contributed by atoms with Gasteiger partial charge in [-0.05, 0) is 36.2 Å². The second-order valence-corrected chi connectivity index (χ2v) is 7.31. The maximum absolute atomic E-state index is 14.1. The molecule has 1 amide bonds. The van der Waals surface area contributed by atoms with Crippen LogP contribution in [0.15, 0.2) is 42.5 Å². The quantitative estimate of drug-likeness (QED) is 0.187. The van der Waals surface area contributed by atoms with Crippen LogP contribution in [0.4, 0.5) is 9.18 Å². The van der Waals surface area contributed by atoms with Crippen molar-refractivity contribution in [2.24, 2.45) is 0 Å². The van der Waals surface area contributed by atoms with E-state index in [1.165, 1.54) is 18.2 Å². The summed E-state index contributed by atoms with van der Waals surface area (Å²) in [5.41, 5.74) is 3.35. The van der Waals surface area contributed by atoms with E-state index in [0.717, 1.165) is 5.01 Å². The number of ether oxygens (including phenoxy) is 3. The summed E-state index contributed by atoms with van der Waals surface area (Å²) in [7, 11) is 0. The van der Waals surface area contributed by atoms with Crippen molar-refractivity contribution in [1.82, 2.24) is 10.4 Å². The summed E-state index contributed by atoms with van der Waals surface area (Å²) in [5, 5.41) is 20.3. The van der Waals surface area contributed by atoms with Crippen molar-refractivity contribution in [2.45, 2.75) is 19.6 Å². The van der Waals surface area contributed by atoms with Gasteiger partial charge >= 0.3 is 24.0 Å². The summed E-state index contributed by atoms with van der Waals surface area (Å²) in [6.07, 6.45) is -2.92. The number of nitrogens with one attached hydrogen (secondary N) is 1. The van der Waals surface area contributed by atoms with E-state index in [9.17, 15) is 28.7 Å². The zero-order valence-corrected chi connectivity index (χ0v) is 19.2. The van der Waals surface area contributed by atoms with E-state index in [1.54, 1.807) is 31.2 Å². The third-order valence-electron chi connectivity index (χ3n) is 4.33. The van der Waals surface area contributed by atoms with Gasteiger partial charge in [-0.2, -0.15) is 0 Å². The number of carbonyl (C=O) groups is 4. The topological polar surface area (TPSA) is 152 Å². The number of benzene rings is 2. The van der Waals surface area contributed by atoms with Gasteiger partial charge in [-0.1, -0.05) is 35.9 Å². The van der Waals surface area contributed by atoms with Crippen molar-refractivity contribution in [3.8, 4) is 11.1 Å². The molecule has 2 aromatic rings. The largest absolute Gasteiger partial charge is 0.511 e. The average molecular weight is 513 g/mol. The van der Waals surface area contributed by atoms with Crippen LogP contribution in [0.1, 0.15) is 12.5 Å². The van der Waals surface area contributed by atoms with Crippen molar-refractivity contribution in [2.75, 3.05) is 19.9 Å². The van der Waals surface area contributed by atoms with Gasteiger partial charge in [0.15, 0.2) is 6.10 Å². The third-order valence-corrected chi connectivity index (χ3v) is 4.56. The number of carboxylic acids is 1. The zero-order chi connectivity index (χ0) is 26.0. The van der Waals surface area contributed by atoms with Gasteiger partial charge in [0.1, 0.15) is 5.82 Å². The molecule has 35 heavy (non-hydrogen) atoms. The number of halogens is 2. The van der Waals surface area contributed by atoms with Crippen molar-refractivity contribution >= 4 is 35.6 Å². The van der Waals surface area contributed by atoms with Crippen molar-refractivity contribution in [3.05, 3.63) is 58.9 Å². The predicted octanol–water partition coefficient (Wildman–Crippen LogP) is 2.10. The van der Waals surface area contributed by atoms with Crippen LogP contribution < -0.4 is 5.43 Å². The molecule has 0 fully saturated rings. The molecule has 11 nitrogen and oxygen atoms in total. The lowest BCUT2D eigenvalue weighted by Crippen LogP contribution is -2.49. The van der Waals surface area contributed by atoms with Gasteiger partial charge in [-0.3, -0.25) is 10.2 Å². The Morgan fingerprint density at radius 2 is 1.77 bits per heavy atom. The van der Waals surface area contributed by atoms with Crippen LogP contribution in [-0.2, 0) is 35.1 Å². The number of nitrogens with zero attached hydrogens (tertiary/aromatic N) is 1. The smallest absolute Gasteiger partial charge is 0.474 e. The molecular weight excluding hydrogens is 491 g/mol. The molecule has 0 radical (unpaired) electrons. The number of amides is 1. The third kappa shape index (κ3) is 8.85. The van der Waals surface area contributed by atoms with E-state index in [2.05, 4.69) is 14.2 Å². The molecular formula is C22H22ClFN2O9. The highest BCUT2D eigenvalue weighted by Crippen LogP contribution is 2.26. The minimum atomic E-state index is -1.84. The first-order valence-corrected chi connectivity index (χ1v) is 10.5. The minimum Gasteiger partial charge on any atom is -0.474 e. The Bertz CT molecular complexity index is 1070. The van der Waals surface area contributed by atoms with E-state index in [1.807, 2.05) is 5.43 Å². The number of aliphatic carboxylic acids is 1. The number of aliphatic hydroxyl groups excluding tert-OH is 1. The van der Waals surface area contributed by atoms with Crippen molar-refractivity contribution < 1.29 is 48.0 Å².